The summed E-state index contributed by atoms with van der Waals surface area (Å²) in [6, 6.07) is 15.2. The molecule has 1 N–H and O–H groups in total. The van der Waals surface area contributed by atoms with Crippen LogP contribution in [0.5, 0.6) is 0 Å². The lowest BCUT2D eigenvalue weighted by atomic mass is 10.0. The van der Waals surface area contributed by atoms with Crippen molar-refractivity contribution in [1.29, 1.82) is 0 Å². The second-order valence-corrected chi connectivity index (χ2v) is 4.94. The summed E-state index contributed by atoms with van der Waals surface area (Å²) in [7, 11) is 0. The third kappa shape index (κ3) is 4.18. The number of nitrogens with zero attached hydrogens (tertiary/aromatic N) is 1. The normalized spacial score (nSPS) is 12.3. The van der Waals surface area contributed by atoms with Gasteiger partial charge in [0.1, 0.15) is 0 Å². The quantitative estimate of drug-likeness (QED) is 0.850. The van der Waals surface area contributed by atoms with Gasteiger partial charge >= 0.3 is 0 Å². The van der Waals surface area contributed by atoms with Gasteiger partial charge in [-0.25, -0.2) is 0 Å². The molecule has 0 radical (unpaired) electrons. The zero-order chi connectivity index (χ0) is 13.5. The van der Waals surface area contributed by atoms with Gasteiger partial charge in [-0.15, -0.1) is 0 Å². The molecule has 2 nitrogen and oxygen atoms in total. The smallest absolute Gasteiger partial charge is 0.0422 e. The molecule has 0 bridgehead atoms. The Kier molecular flexibility index (Phi) is 5.10. The molecule has 0 aliphatic heterocycles. The average molecular weight is 254 g/mol. The lowest BCUT2D eigenvalue weighted by Crippen LogP contribution is -2.24. The van der Waals surface area contributed by atoms with Gasteiger partial charge in [0.25, 0.3) is 0 Å². The van der Waals surface area contributed by atoms with Crippen molar-refractivity contribution in [3.8, 4) is 0 Å². The number of aromatic nitrogens is 1. The highest BCUT2D eigenvalue weighted by molar-refractivity contribution is 5.25. The summed E-state index contributed by atoms with van der Waals surface area (Å²) >= 11 is 0. The van der Waals surface area contributed by atoms with Crippen molar-refractivity contribution in [1.82, 2.24) is 10.3 Å². The van der Waals surface area contributed by atoms with Crippen LogP contribution in [0.2, 0.25) is 0 Å². The van der Waals surface area contributed by atoms with Crippen LogP contribution in [0.3, 0.4) is 0 Å². The fraction of sp³-hybridized carbons (Fsp3) is 0.353. The minimum atomic E-state index is 0.343. The molecule has 0 fully saturated rings. The summed E-state index contributed by atoms with van der Waals surface area (Å²) in [6.45, 7) is 5.35. The van der Waals surface area contributed by atoms with Gasteiger partial charge in [-0.1, -0.05) is 42.8 Å². The average Bonchev–Trinajstić information content (AvgIpc) is 2.45. The summed E-state index contributed by atoms with van der Waals surface area (Å²) in [6.07, 6.45) is 3.94. The van der Waals surface area contributed by atoms with Gasteiger partial charge in [0.2, 0.25) is 0 Å². The van der Waals surface area contributed by atoms with E-state index < -0.39 is 0 Å². The predicted molar refractivity (Wildman–Crippen MR) is 80.2 cm³/mol. The molecule has 0 saturated heterocycles. The maximum Gasteiger partial charge on any atom is 0.0422 e. The van der Waals surface area contributed by atoms with Crippen LogP contribution in [-0.4, -0.2) is 11.5 Å². The number of nitrogens with one attached hydrogen (secondary N) is 1. The highest BCUT2D eigenvalue weighted by atomic mass is 14.9. The minimum Gasteiger partial charge on any atom is -0.310 e. The molecule has 1 aromatic heterocycles. The number of benzene rings is 1. The Morgan fingerprint density at radius 1 is 1.11 bits per heavy atom. The first-order valence-electron chi connectivity index (χ1n) is 6.99. The van der Waals surface area contributed by atoms with Crippen molar-refractivity contribution in [2.75, 3.05) is 6.54 Å². The van der Waals surface area contributed by atoms with E-state index in [1.807, 2.05) is 18.3 Å². The van der Waals surface area contributed by atoms with Gasteiger partial charge in [-0.05, 0) is 37.6 Å². The Bertz CT molecular complexity index is 476. The molecule has 0 aliphatic rings. The van der Waals surface area contributed by atoms with Crippen molar-refractivity contribution in [3.05, 3.63) is 65.5 Å². The summed E-state index contributed by atoms with van der Waals surface area (Å²) in [5.41, 5.74) is 3.78. The van der Waals surface area contributed by atoms with Crippen molar-refractivity contribution >= 4 is 0 Å². The van der Waals surface area contributed by atoms with E-state index in [-0.39, 0.29) is 0 Å². The molecule has 0 amide bonds. The van der Waals surface area contributed by atoms with Crippen LogP contribution in [0.1, 0.15) is 36.2 Å². The Labute approximate surface area is 115 Å². The number of hydrogen-bond acceptors (Lipinski definition) is 2. The monoisotopic (exact) mass is 254 g/mol. The van der Waals surface area contributed by atoms with Crippen LogP contribution in [0.4, 0.5) is 0 Å². The molecule has 2 aromatic rings. The van der Waals surface area contributed by atoms with Crippen LogP contribution in [0, 0.1) is 6.92 Å². The Morgan fingerprint density at radius 2 is 1.89 bits per heavy atom. The van der Waals surface area contributed by atoms with Crippen LogP contribution in [0.25, 0.3) is 0 Å². The van der Waals surface area contributed by atoms with Gasteiger partial charge in [0.05, 0.1) is 0 Å². The van der Waals surface area contributed by atoms with Crippen molar-refractivity contribution < 1.29 is 0 Å². The fourth-order valence-corrected chi connectivity index (χ4v) is 2.15. The van der Waals surface area contributed by atoms with E-state index in [2.05, 4.69) is 54.5 Å². The Morgan fingerprint density at radius 3 is 2.53 bits per heavy atom. The van der Waals surface area contributed by atoms with E-state index in [4.69, 9.17) is 0 Å². The minimum absolute atomic E-state index is 0.343. The molecule has 1 atom stereocenters. The SMILES string of the molecule is CCCNC(Cc1ccccn1)c1ccc(C)cc1. The maximum atomic E-state index is 4.43. The first kappa shape index (κ1) is 13.8. The van der Waals surface area contributed by atoms with Crippen molar-refractivity contribution in [2.45, 2.75) is 32.7 Å². The second-order valence-electron chi connectivity index (χ2n) is 4.94. The van der Waals surface area contributed by atoms with Gasteiger partial charge in [-0.2, -0.15) is 0 Å². The first-order chi connectivity index (χ1) is 9.29. The molecule has 0 spiro atoms. The van der Waals surface area contributed by atoms with Crippen molar-refractivity contribution in [2.24, 2.45) is 0 Å². The molecule has 0 saturated carbocycles. The predicted octanol–water partition coefficient (Wildman–Crippen LogP) is 3.67. The van der Waals surface area contributed by atoms with Gasteiger partial charge in [0, 0.05) is 24.4 Å². The van der Waals surface area contributed by atoms with E-state index in [1.165, 1.54) is 11.1 Å². The van der Waals surface area contributed by atoms with E-state index in [1.54, 1.807) is 0 Å². The molecular weight excluding hydrogens is 232 g/mol. The fourth-order valence-electron chi connectivity index (χ4n) is 2.15. The third-order valence-corrected chi connectivity index (χ3v) is 3.26. The zero-order valence-electron chi connectivity index (χ0n) is 11.8. The molecule has 100 valence electrons. The Hall–Kier alpha value is -1.67. The molecule has 0 aliphatic carbocycles. The summed E-state index contributed by atoms with van der Waals surface area (Å²) in [5, 5.41) is 3.61. The second kappa shape index (κ2) is 7.05. The van der Waals surface area contributed by atoms with Crippen LogP contribution < -0.4 is 5.32 Å². The number of rotatable bonds is 6. The van der Waals surface area contributed by atoms with E-state index in [0.717, 1.165) is 25.1 Å². The van der Waals surface area contributed by atoms with Crippen LogP contribution in [-0.2, 0) is 6.42 Å². The molecule has 2 heteroatoms. The van der Waals surface area contributed by atoms with Gasteiger partial charge < -0.3 is 5.32 Å². The third-order valence-electron chi connectivity index (χ3n) is 3.26. The largest absolute Gasteiger partial charge is 0.310 e. The standard InChI is InChI=1S/C17H22N2/c1-3-11-19-17(13-16-6-4-5-12-18-16)15-9-7-14(2)8-10-15/h4-10,12,17,19H,3,11,13H2,1-2H3. The molecule has 2 rings (SSSR count). The summed E-state index contributed by atoms with van der Waals surface area (Å²) < 4.78 is 0. The van der Waals surface area contributed by atoms with E-state index in [9.17, 15) is 0 Å². The maximum absolute atomic E-state index is 4.43. The molecule has 1 heterocycles. The lowest BCUT2D eigenvalue weighted by Gasteiger charge is -2.19. The Balaban J connectivity index is 2.13. The molecule has 1 aromatic carbocycles. The number of aryl methyl sites for hydroxylation is 1. The summed E-state index contributed by atoms with van der Waals surface area (Å²) in [5.74, 6) is 0. The molecular formula is C17H22N2. The van der Waals surface area contributed by atoms with E-state index >= 15 is 0 Å². The van der Waals surface area contributed by atoms with Crippen LogP contribution in [0.15, 0.2) is 48.7 Å². The van der Waals surface area contributed by atoms with Crippen LogP contribution >= 0.6 is 0 Å². The van der Waals surface area contributed by atoms with Gasteiger partial charge in [-0.3, -0.25) is 4.98 Å². The topological polar surface area (TPSA) is 24.9 Å². The highest BCUT2D eigenvalue weighted by Gasteiger charge is 2.11. The summed E-state index contributed by atoms with van der Waals surface area (Å²) in [4.78, 5) is 4.43. The van der Waals surface area contributed by atoms with E-state index in [0.29, 0.717) is 6.04 Å². The first-order valence-corrected chi connectivity index (χ1v) is 6.99. The number of pyridine rings is 1. The lowest BCUT2D eigenvalue weighted by molar-refractivity contribution is 0.524. The van der Waals surface area contributed by atoms with Gasteiger partial charge in [0.15, 0.2) is 0 Å². The van der Waals surface area contributed by atoms with Crippen molar-refractivity contribution in [3.63, 3.8) is 0 Å². The zero-order valence-corrected chi connectivity index (χ0v) is 11.8. The highest BCUT2D eigenvalue weighted by Crippen LogP contribution is 2.18. The molecule has 19 heavy (non-hydrogen) atoms. The molecule has 1 unspecified atom stereocenters. The number of hydrogen-bond donors (Lipinski definition) is 1.